The molecule has 0 saturated carbocycles. The molecule has 10 heteroatoms. The second-order valence-corrected chi connectivity index (χ2v) is 7.68. The van der Waals surface area contributed by atoms with Gasteiger partial charge in [0.05, 0.1) is 19.8 Å². The van der Waals surface area contributed by atoms with Gasteiger partial charge < -0.3 is 23.7 Å². The molecule has 0 N–H and O–H groups in total. The van der Waals surface area contributed by atoms with Crippen molar-refractivity contribution >= 4 is 11.9 Å². The predicted octanol–water partition coefficient (Wildman–Crippen LogP) is 3.69. The largest absolute Gasteiger partial charge is 0.459 e. The number of hydrogen-bond donors (Lipinski definition) is 0. The maximum Gasteiger partial charge on any atom is 0.304 e. The smallest absolute Gasteiger partial charge is 0.304 e. The fourth-order valence-electron chi connectivity index (χ4n) is 3.63. The first-order chi connectivity index (χ1) is 16.5. The zero-order valence-electron chi connectivity index (χ0n) is 19.0. The standard InChI is InChI=1S/C24H27N3O7/c1-16(28)32-23-21(26-27-25)24(33-17(2)29)34-20(15-30-13-18-9-5-3-6-10-18)22(23)31-14-19-11-7-4-8-12-19/h3-12,20-24H,13-15H2,1-2H3/t20-,21+,22-,23-,24?/m1/s1. The van der Waals surface area contributed by atoms with Gasteiger partial charge in [-0.05, 0) is 16.7 Å². The topological polar surface area (TPSA) is 129 Å². The zero-order chi connectivity index (χ0) is 24.3. The van der Waals surface area contributed by atoms with Crippen LogP contribution in [0.3, 0.4) is 0 Å². The van der Waals surface area contributed by atoms with E-state index in [9.17, 15) is 9.59 Å². The Balaban J connectivity index is 1.85. The van der Waals surface area contributed by atoms with Gasteiger partial charge in [-0.25, -0.2) is 0 Å². The highest BCUT2D eigenvalue weighted by Crippen LogP contribution is 2.30. The summed E-state index contributed by atoms with van der Waals surface area (Å²) in [4.78, 5) is 26.4. The third-order valence-electron chi connectivity index (χ3n) is 5.06. The lowest BCUT2D eigenvalue weighted by molar-refractivity contribution is -0.273. The number of rotatable bonds is 10. The molecule has 0 aliphatic carbocycles. The number of hydrogen-bond acceptors (Lipinski definition) is 8. The number of nitrogens with zero attached hydrogens (tertiary/aromatic N) is 3. The number of benzene rings is 2. The van der Waals surface area contributed by atoms with E-state index in [-0.39, 0.29) is 13.2 Å². The van der Waals surface area contributed by atoms with Gasteiger partial charge in [-0.2, -0.15) is 0 Å². The molecule has 1 unspecified atom stereocenters. The maximum absolute atomic E-state index is 11.9. The van der Waals surface area contributed by atoms with Crippen LogP contribution in [0.4, 0.5) is 0 Å². The van der Waals surface area contributed by atoms with E-state index in [1.165, 1.54) is 13.8 Å². The van der Waals surface area contributed by atoms with Gasteiger partial charge in [-0.3, -0.25) is 9.59 Å². The molecular weight excluding hydrogens is 442 g/mol. The normalized spacial score (nSPS) is 24.0. The summed E-state index contributed by atoms with van der Waals surface area (Å²) in [5.41, 5.74) is 10.9. The van der Waals surface area contributed by atoms with Gasteiger partial charge in [0.25, 0.3) is 0 Å². The molecule has 5 atom stereocenters. The van der Waals surface area contributed by atoms with Crippen molar-refractivity contribution in [3.8, 4) is 0 Å². The molecule has 10 nitrogen and oxygen atoms in total. The van der Waals surface area contributed by atoms with Gasteiger partial charge in [-0.1, -0.05) is 65.8 Å². The fourth-order valence-corrected chi connectivity index (χ4v) is 3.63. The Labute approximate surface area is 197 Å². The van der Waals surface area contributed by atoms with Crippen LogP contribution >= 0.6 is 0 Å². The lowest BCUT2D eigenvalue weighted by Crippen LogP contribution is -2.61. The number of ether oxygens (including phenoxy) is 5. The van der Waals surface area contributed by atoms with E-state index < -0.39 is 42.6 Å². The van der Waals surface area contributed by atoms with Crippen molar-refractivity contribution < 1.29 is 33.3 Å². The highest BCUT2D eigenvalue weighted by atomic mass is 16.7. The van der Waals surface area contributed by atoms with Gasteiger partial charge in [0.1, 0.15) is 24.4 Å². The molecule has 1 fully saturated rings. The van der Waals surface area contributed by atoms with Gasteiger partial charge in [-0.15, -0.1) is 0 Å². The second kappa shape index (κ2) is 12.7. The van der Waals surface area contributed by atoms with Crippen LogP contribution in [0.1, 0.15) is 25.0 Å². The molecule has 1 aliphatic rings. The third-order valence-corrected chi connectivity index (χ3v) is 5.06. The molecule has 0 bridgehead atoms. The minimum Gasteiger partial charge on any atom is -0.459 e. The molecular formula is C24H27N3O7. The minimum atomic E-state index is -1.28. The summed E-state index contributed by atoms with van der Waals surface area (Å²) in [6.07, 6.45) is -3.99. The average molecular weight is 469 g/mol. The molecule has 0 radical (unpaired) electrons. The minimum absolute atomic E-state index is 0.0485. The lowest BCUT2D eigenvalue weighted by atomic mass is 9.96. The molecule has 34 heavy (non-hydrogen) atoms. The number of azide groups is 1. The molecule has 1 aliphatic heterocycles. The Morgan fingerprint density at radius 1 is 0.912 bits per heavy atom. The van der Waals surface area contributed by atoms with Crippen molar-refractivity contribution in [1.82, 2.24) is 0 Å². The maximum atomic E-state index is 11.9. The van der Waals surface area contributed by atoms with E-state index in [0.717, 1.165) is 11.1 Å². The van der Waals surface area contributed by atoms with E-state index in [2.05, 4.69) is 10.0 Å². The zero-order valence-corrected chi connectivity index (χ0v) is 19.0. The Kier molecular flexibility index (Phi) is 9.42. The molecule has 2 aromatic rings. The Hall–Kier alpha value is -3.43. The summed E-state index contributed by atoms with van der Waals surface area (Å²) in [7, 11) is 0. The highest BCUT2D eigenvalue weighted by molar-refractivity contribution is 5.67. The first kappa shape index (κ1) is 25.2. The van der Waals surface area contributed by atoms with Crippen molar-refractivity contribution in [2.75, 3.05) is 6.61 Å². The van der Waals surface area contributed by atoms with Gasteiger partial charge in [0.15, 0.2) is 0 Å². The van der Waals surface area contributed by atoms with Crippen molar-refractivity contribution in [3.05, 3.63) is 82.2 Å². The van der Waals surface area contributed by atoms with Crippen LogP contribution in [0.5, 0.6) is 0 Å². The van der Waals surface area contributed by atoms with Crippen molar-refractivity contribution in [2.24, 2.45) is 5.11 Å². The van der Waals surface area contributed by atoms with Gasteiger partial charge >= 0.3 is 11.9 Å². The summed E-state index contributed by atoms with van der Waals surface area (Å²) in [6, 6.07) is 17.8. The summed E-state index contributed by atoms with van der Waals surface area (Å²) < 4.78 is 28.7. The fraction of sp³-hybridized carbons (Fsp3) is 0.417. The number of carbonyl (C=O) groups excluding carboxylic acids is 2. The van der Waals surface area contributed by atoms with E-state index in [4.69, 9.17) is 29.2 Å². The quantitative estimate of drug-likeness (QED) is 0.225. The Bertz CT molecular complexity index is 983. The number of esters is 2. The Morgan fingerprint density at radius 3 is 2.06 bits per heavy atom. The monoisotopic (exact) mass is 469 g/mol. The molecule has 0 aromatic heterocycles. The summed E-state index contributed by atoms with van der Waals surface area (Å²) in [5, 5.41) is 3.70. The van der Waals surface area contributed by atoms with Crippen LogP contribution in [0.2, 0.25) is 0 Å². The molecule has 3 rings (SSSR count). The first-order valence-electron chi connectivity index (χ1n) is 10.8. The molecule has 1 saturated heterocycles. The van der Waals surface area contributed by atoms with Crippen LogP contribution in [0.25, 0.3) is 10.4 Å². The molecule has 0 amide bonds. The van der Waals surface area contributed by atoms with Crippen LogP contribution in [0.15, 0.2) is 65.8 Å². The third kappa shape index (κ3) is 7.29. The molecule has 180 valence electrons. The summed E-state index contributed by atoms with van der Waals surface area (Å²) in [6.45, 7) is 2.98. The second-order valence-electron chi connectivity index (χ2n) is 7.68. The van der Waals surface area contributed by atoms with Crippen molar-refractivity contribution in [3.63, 3.8) is 0 Å². The van der Waals surface area contributed by atoms with Crippen molar-refractivity contribution in [2.45, 2.75) is 57.7 Å². The average Bonchev–Trinajstić information content (AvgIpc) is 2.81. The number of carbonyl (C=O) groups is 2. The summed E-state index contributed by atoms with van der Waals surface area (Å²) in [5.74, 6) is -1.25. The van der Waals surface area contributed by atoms with Gasteiger partial charge in [0, 0.05) is 18.8 Å². The van der Waals surface area contributed by atoms with Crippen LogP contribution < -0.4 is 0 Å². The van der Waals surface area contributed by atoms with Crippen LogP contribution in [-0.2, 0) is 46.5 Å². The SMILES string of the molecule is CC(=O)OC1O[C@H](COCc2ccccc2)[C@@H](OCc2ccccc2)[C@H](OC(C)=O)[C@@H]1N=[N+]=[N-]. The molecule has 1 heterocycles. The highest BCUT2D eigenvalue weighted by Gasteiger charge is 2.50. The van der Waals surface area contributed by atoms with E-state index in [0.29, 0.717) is 6.61 Å². The van der Waals surface area contributed by atoms with E-state index >= 15 is 0 Å². The van der Waals surface area contributed by atoms with Crippen molar-refractivity contribution in [1.29, 1.82) is 0 Å². The molecule has 2 aromatic carbocycles. The Morgan fingerprint density at radius 2 is 1.50 bits per heavy atom. The van der Waals surface area contributed by atoms with Crippen LogP contribution in [-0.4, -0.2) is 49.2 Å². The molecule has 0 spiro atoms. The van der Waals surface area contributed by atoms with Crippen LogP contribution in [0, 0.1) is 0 Å². The van der Waals surface area contributed by atoms with E-state index in [1.54, 1.807) is 0 Å². The van der Waals surface area contributed by atoms with Gasteiger partial charge in [0.2, 0.25) is 6.29 Å². The summed E-state index contributed by atoms with van der Waals surface area (Å²) >= 11 is 0. The van der Waals surface area contributed by atoms with E-state index in [1.807, 2.05) is 60.7 Å². The first-order valence-corrected chi connectivity index (χ1v) is 10.8. The predicted molar refractivity (Wildman–Crippen MR) is 120 cm³/mol. The lowest BCUT2D eigenvalue weighted by Gasteiger charge is -2.43.